The Labute approximate surface area is 207 Å². The standard InChI is InChI=1S/C22H14Br4O4/c1-2-29-14-9-5-12(6-10-14)22(11-3-7-13(27)8-4-11)16-15(21(28)30-22)17(23)19(25)20(26)18(16)24/h3-10,27H,2H2,1H3. The van der Waals surface area contributed by atoms with Crippen LogP contribution in [0, 0.1) is 0 Å². The van der Waals surface area contributed by atoms with E-state index in [1.807, 2.05) is 31.2 Å². The van der Waals surface area contributed by atoms with Crippen LogP contribution in [0.25, 0.3) is 0 Å². The SMILES string of the molecule is CCOc1ccc(C2(c3ccc(O)cc3)OC(=O)c3c(Br)c(Br)c(Br)c(Br)c32)cc1. The number of fused-ring (bicyclic) bond motifs is 1. The number of carbonyl (C=O) groups is 1. The van der Waals surface area contributed by atoms with Gasteiger partial charge in [-0.15, -0.1) is 0 Å². The molecule has 8 heteroatoms. The van der Waals surface area contributed by atoms with E-state index in [9.17, 15) is 9.90 Å². The number of aromatic hydroxyl groups is 1. The zero-order chi connectivity index (χ0) is 21.6. The van der Waals surface area contributed by atoms with Crippen molar-refractivity contribution < 1.29 is 19.4 Å². The van der Waals surface area contributed by atoms with Crippen LogP contribution in [0.2, 0.25) is 0 Å². The topological polar surface area (TPSA) is 55.8 Å². The number of hydrogen-bond acceptors (Lipinski definition) is 4. The molecule has 0 bridgehead atoms. The first-order chi connectivity index (χ1) is 14.3. The van der Waals surface area contributed by atoms with Crippen molar-refractivity contribution in [1.29, 1.82) is 0 Å². The normalized spacial score (nSPS) is 17.6. The molecule has 3 aromatic rings. The van der Waals surface area contributed by atoms with Crippen LogP contribution in [0.4, 0.5) is 0 Å². The van der Waals surface area contributed by atoms with Crippen LogP contribution < -0.4 is 4.74 Å². The predicted octanol–water partition coefficient (Wildman–Crippen LogP) is 7.30. The number of cyclic esters (lactones) is 1. The zero-order valence-corrected chi connectivity index (χ0v) is 21.9. The van der Waals surface area contributed by atoms with Crippen LogP contribution >= 0.6 is 63.7 Å². The fraction of sp³-hybridized carbons (Fsp3) is 0.136. The molecule has 1 N–H and O–H groups in total. The minimum atomic E-state index is -1.21. The van der Waals surface area contributed by atoms with Gasteiger partial charge in [-0.05, 0) is 94.9 Å². The molecule has 4 nitrogen and oxygen atoms in total. The molecule has 30 heavy (non-hydrogen) atoms. The van der Waals surface area contributed by atoms with E-state index in [-0.39, 0.29) is 5.75 Å². The maximum Gasteiger partial charge on any atom is 0.341 e. The second-order valence-electron chi connectivity index (χ2n) is 6.58. The molecule has 1 unspecified atom stereocenters. The van der Waals surface area contributed by atoms with Gasteiger partial charge in [0.15, 0.2) is 5.60 Å². The van der Waals surface area contributed by atoms with Gasteiger partial charge in [-0.25, -0.2) is 4.79 Å². The fourth-order valence-corrected chi connectivity index (χ4v) is 6.18. The van der Waals surface area contributed by atoms with E-state index < -0.39 is 11.6 Å². The highest BCUT2D eigenvalue weighted by Gasteiger charge is 2.52. The lowest BCUT2D eigenvalue weighted by Crippen LogP contribution is -2.30. The highest BCUT2D eigenvalue weighted by molar-refractivity contribution is 9.15. The first-order valence-corrected chi connectivity index (χ1v) is 12.1. The zero-order valence-electron chi connectivity index (χ0n) is 15.5. The first kappa shape index (κ1) is 21.9. The van der Waals surface area contributed by atoms with E-state index in [1.165, 1.54) is 0 Å². The van der Waals surface area contributed by atoms with Crippen LogP contribution in [-0.4, -0.2) is 17.7 Å². The lowest BCUT2D eigenvalue weighted by Gasteiger charge is -2.31. The van der Waals surface area contributed by atoms with Crippen molar-refractivity contribution in [2.75, 3.05) is 6.61 Å². The Morgan fingerprint density at radius 3 is 1.97 bits per heavy atom. The Morgan fingerprint density at radius 2 is 1.40 bits per heavy atom. The van der Waals surface area contributed by atoms with Gasteiger partial charge in [0.05, 0.1) is 12.2 Å². The van der Waals surface area contributed by atoms with E-state index in [1.54, 1.807) is 24.3 Å². The van der Waals surface area contributed by atoms with Crippen molar-refractivity contribution in [2.45, 2.75) is 12.5 Å². The van der Waals surface area contributed by atoms with Crippen molar-refractivity contribution in [3.05, 3.63) is 88.7 Å². The largest absolute Gasteiger partial charge is 0.508 e. The number of phenolic OH excluding ortho intramolecular Hbond substituents is 1. The number of ether oxygens (including phenoxy) is 2. The number of rotatable bonds is 4. The van der Waals surface area contributed by atoms with Crippen molar-refractivity contribution in [1.82, 2.24) is 0 Å². The molecule has 0 radical (unpaired) electrons. The Kier molecular flexibility index (Phi) is 6.05. The van der Waals surface area contributed by atoms with Gasteiger partial charge < -0.3 is 14.6 Å². The minimum Gasteiger partial charge on any atom is -0.508 e. The Morgan fingerprint density at radius 1 is 0.867 bits per heavy atom. The lowest BCUT2D eigenvalue weighted by atomic mass is 9.80. The summed E-state index contributed by atoms with van der Waals surface area (Å²) in [5.74, 6) is 0.402. The van der Waals surface area contributed by atoms with Gasteiger partial charge in [0.1, 0.15) is 11.5 Å². The summed E-state index contributed by atoms with van der Waals surface area (Å²) in [6.07, 6.45) is 0. The number of phenols is 1. The molecule has 154 valence electrons. The summed E-state index contributed by atoms with van der Waals surface area (Å²) in [6.45, 7) is 2.48. The summed E-state index contributed by atoms with van der Waals surface area (Å²) < 4.78 is 14.5. The van der Waals surface area contributed by atoms with Crippen molar-refractivity contribution in [3.8, 4) is 11.5 Å². The number of halogens is 4. The van der Waals surface area contributed by atoms with Gasteiger partial charge in [0.25, 0.3) is 0 Å². The minimum absolute atomic E-state index is 0.127. The molecule has 4 rings (SSSR count). The molecular formula is C22H14Br4O4. The molecule has 0 aliphatic carbocycles. The summed E-state index contributed by atoms with van der Waals surface area (Å²) >= 11 is 14.3. The van der Waals surface area contributed by atoms with E-state index in [4.69, 9.17) is 9.47 Å². The second-order valence-corrected chi connectivity index (χ2v) is 9.75. The molecule has 0 saturated carbocycles. The second kappa shape index (κ2) is 8.30. The molecule has 0 spiro atoms. The lowest BCUT2D eigenvalue weighted by molar-refractivity contribution is 0.0249. The summed E-state index contributed by atoms with van der Waals surface area (Å²) in [4.78, 5) is 13.1. The van der Waals surface area contributed by atoms with Gasteiger partial charge in [-0.2, -0.15) is 0 Å². The molecule has 0 aromatic heterocycles. The maximum absolute atomic E-state index is 13.1. The van der Waals surface area contributed by atoms with Gasteiger partial charge in [0.2, 0.25) is 0 Å². The molecule has 0 amide bonds. The molecule has 3 aromatic carbocycles. The average molecular weight is 662 g/mol. The maximum atomic E-state index is 13.1. The van der Waals surface area contributed by atoms with E-state index >= 15 is 0 Å². The quantitative estimate of drug-likeness (QED) is 0.181. The number of carbonyl (C=O) groups excluding carboxylic acids is 1. The molecule has 1 aliphatic heterocycles. The van der Waals surface area contributed by atoms with E-state index in [0.717, 1.165) is 15.8 Å². The first-order valence-electron chi connectivity index (χ1n) is 8.93. The highest BCUT2D eigenvalue weighted by atomic mass is 79.9. The third-order valence-electron chi connectivity index (χ3n) is 4.91. The molecular weight excluding hydrogens is 648 g/mol. The Hall–Kier alpha value is -1.35. The van der Waals surface area contributed by atoms with Crippen LogP contribution in [0.15, 0.2) is 66.4 Å². The highest BCUT2D eigenvalue weighted by Crippen LogP contribution is 2.55. The van der Waals surface area contributed by atoms with E-state index in [0.29, 0.717) is 36.7 Å². The smallest absolute Gasteiger partial charge is 0.341 e. The van der Waals surface area contributed by atoms with Crippen LogP contribution in [0.5, 0.6) is 11.5 Å². The third kappa shape index (κ3) is 3.32. The van der Waals surface area contributed by atoms with Gasteiger partial charge in [-0.1, -0.05) is 24.3 Å². The van der Waals surface area contributed by atoms with Gasteiger partial charge in [0, 0.05) is 34.6 Å². The number of hydrogen-bond donors (Lipinski definition) is 1. The Balaban J connectivity index is 2.07. The molecule has 0 fully saturated rings. The Bertz CT molecular complexity index is 1140. The summed E-state index contributed by atoms with van der Waals surface area (Å²) in [7, 11) is 0. The summed E-state index contributed by atoms with van der Waals surface area (Å²) in [6, 6.07) is 14.1. The summed E-state index contributed by atoms with van der Waals surface area (Å²) in [5, 5.41) is 9.82. The van der Waals surface area contributed by atoms with Crippen LogP contribution in [-0.2, 0) is 10.3 Å². The van der Waals surface area contributed by atoms with Crippen molar-refractivity contribution in [3.63, 3.8) is 0 Å². The molecule has 1 heterocycles. The molecule has 1 aliphatic rings. The van der Waals surface area contributed by atoms with E-state index in [2.05, 4.69) is 63.7 Å². The number of benzene rings is 3. The summed E-state index contributed by atoms with van der Waals surface area (Å²) in [5.41, 5.74) is 1.35. The van der Waals surface area contributed by atoms with Crippen LogP contribution in [0.3, 0.4) is 0 Å². The predicted molar refractivity (Wildman–Crippen MR) is 128 cm³/mol. The van der Waals surface area contributed by atoms with Crippen LogP contribution in [0.1, 0.15) is 34.0 Å². The monoisotopic (exact) mass is 658 g/mol. The fourth-order valence-electron chi connectivity index (χ4n) is 3.62. The van der Waals surface area contributed by atoms with Gasteiger partial charge >= 0.3 is 5.97 Å². The molecule has 1 atom stereocenters. The third-order valence-corrected chi connectivity index (χ3v) is 9.68. The van der Waals surface area contributed by atoms with Crippen molar-refractivity contribution in [2.24, 2.45) is 0 Å². The molecule has 0 saturated heterocycles. The van der Waals surface area contributed by atoms with Crippen molar-refractivity contribution >= 4 is 69.7 Å². The average Bonchev–Trinajstić information content (AvgIpc) is 3.06. The van der Waals surface area contributed by atoms with Gasteiger partial charge in [-0.3, -0.25) is 0 Å². The number of esters is 1.